The minimum atomic E-state index is -0.438. The molecule has 1 amide bonds. The largest absolute Gasteiger partial charge is 0.349 e. The van der Waals surface area contributed by atoms with Gasteiger partial charge in [0.1, 0.15) is 0 Å². The molecule has 1 unspecified atom stereocenters. The van der Waals surface area contributed by atoms with Crippen LogP contribution in [0.25, 0.3) is 0 Å². The number of nitro benzene ring substituents is 1. The van der Waals surface area contributed by atoms with Crippen LogP contribution in [0.4, 0.5) is 5.69 Å². The molecule has 0 radical (unpaired) electrons. The van der Waals surface area contributed by atoms with Gasteiger partial charge in [-0.05, 0) is 37.4 Å². The van der Waals surface area contributed by atoms with Crippen LogP contribution in [0.1, 0.15) is 36.2 Å². The second-order valence-electron chi connectivity index (χ2n) is 6.24. The Morgan fingerprint density at radius 2 is 2.19 bits per heavy atom. The van der Waals surface area contributed by atoms with E-state index in [1.54, 1.807) is 13.0 Å². The molecule has 1 aliphatic rings. The molecule has 0 aromatic heterocycles. The molecule has 1 aliphatic heterocycles. The highest BCUT2D eigenvalue weighted by Gasteiger charge is 2.33. The maximum atomic E-state index is 12.3. The highest BCUT2D eigenvalue weighted by Crippen LogP contribution is 2.25. The molecule has 1 aromatic rings. The van der Waals surface area contributed by atoms with Gasteiger partial charge in [-0.3, -0.25) is 14.9 Å². The van der Waals surface area contributed by atoms with Gasteiger partial charge in [0.15, 0.2) is 0 Å². The number of piperidine rings is 1. The number of benzene rings is 1. The minimum absolute atomic E-state index is 0.0102. The summed E-state index contributed by atoms with van der Waals surface area (Å²) in [5.74, 6) is -0.173. The van der Waals surface area contributed by atoms with Gasteiger partial charge in [0.25, 0.3) is 11.6 Å². The summed E-state index contributed by atoms with van der Waals surface area (Å²) in [7, 11) is 0. The monoisotopic (exact) mass is 291 g/mol. The van der Waals surface area contributed by atoms with E-state index < -0.39 is 4.92 Å². The quantitative estimate of drug-likeness (QED) is 0.659. The number of rotatable bonds is 3. The number of amides is 1. The first-order valence-electron chi connectivity index (χ1n) is 7.08. The maximum Gasteiger partial charge on any atom is 0.272 e. The summed E-state index contributed by atoms with van der Waals surface area (Å²) in [4.78, 5) is 22.7. The van der Waals surface area contributed by atoms with Crippen molar-refractivity contribution >= 4 is 11.6 Å². The molecule has 114 valence electrons. The van der Waals surface area contributed by atoms with Crippen molar-refractivity contribution in [1.29, 1.82) is 0 Å². The predicted octanol–water partition coefficient (Wildman–Crippen LogP) is 2.02. The first-order valence-corrected chi connectivity index (χ1v) is 7.08. The molecule has 6 heteroatoms. The fourth-order valence-electron chi connectivity index (χ4n) is 2.68. The van der Waals surface area contributed by atoms with Gasteiger partial charge < -0.3 is 10.6 Å². The number of aryl methyl sites for hydroxylation is 1. The number of carbonyl (C=O) groups excluding carboxylic acids is 1. The van der Waals surface area contributed by atoms with E-state index in [0.29, 0.717) is 11.1 Å². The first-order chi connectivity index (χ1) is 9.81. The average Bonchev–Trinajstić information content (AvgIpc) is 2.40. The number of nitro groups is 1. The first kappa shape index (κ1) is 15.4. The Labute approximate surface area is 124 Å². The molecular formula is C15H21N3O3. The fraction of sp³-hybridized carbons (Fsp3) is 0.533. The van der Waals surface area contributed by atoms with Crippen molar-refractivity contribution in [3.63, 3.8) is 0 Å². The van der Waals surface area contributed by atoms with Crippen LogP contribution in [0.2, 0.25) is 0 Å². The van der Waals surface area contributed by atoms with Gasteiger partial charge in [-0.15, -0.1) is 0 Å². The number of nitrogens with zero attached hydrogens (tertiary/aromatic N) is 1. The van der Waals surface area contributed by atoms with E-state index in [1.807, 2.05) is 0 Å². The lowest BCUT2D eigenvalue weighted by Gasteiger charge is -2.39. The number of hydrogen-bond donors (Lipinski definition) is 2. The molecule has 0 aliphatic carbocycles. The molecule has 1 atom stereocenters. The van der Waals surface area contributed by atoms with E-state index in [-0.39, 0.29) is 23.1 Å². The molecule has 2 rings (SSSR count). The molecule has 2 N–H and O–H groups in total. The van der Waals surface area contributed by atoms with E-state index in [2.05, 4.69) is 24.5 Å². The van der Waals surface area contributed by atoms with Crippen LogP contribution in [-0.4, -0.2) is 30.0 Å². The highest BCUT2D eigenvalue weighted by atomic mass is 16.6. The van der Waals surface area contributed by atoms with E-state index in [1.165, 1.54) is 12.1 Å². The van der Waals surface area contributed by atoms with Crippen molar-refractivity contribution in [3.05, 3.63) is 39.4 Å². The van der Waals surface area contributed by atoms with Gasteiger partial charge in [0.2, 0.25) is 0 Å². The summed E-state index contributed by atoms with van der Waals surface area (Å²) in [5, 5.41) is 17.2. The van der Waals surface area contributed by atoms with E-state index in [0.717, 1.165) is 19.5 Å². The number of nitrogens with one attached hydrogen (secondary N) is 2. The SMILES string of the molecule is Cc1cc(C(=O)NC2CCNCC2(C)C)ccc1[N+](=O)[O-]. The van der Waals surface area contributed by atoms with Crippen molar-refractivity contribution in [3.8, 4) is 0 Å². The van der Waals surface area contributed by atoms with Crippen LogP contribution in [0.3, 0.4) is 0 Å². The molecule has 1 aromatic carbocycles. The zero-order valence-electron chi connectivity index (χ0n) is 12.6. The average molecular weight is 291 g/mol. The van der Waals surface area contributed by atoms with Crippen LogP contribution in [0, 0.1) is 22.5 Å². The zero-order valence-corrected chi connectivity index (χ0v) is 12.6. The van der Waals surface area contributed by atoms with Crippen molar-refractivity contribution in [1.82, 2.24) is 10.6 Å². The summed E-state index contributed by atoms with van der Waals surface area (Å²) in [5.41, 5.74) is 0.988. The highest BCUT2D eigenvalue weighted by molar-refractivity contribution is 5.95. The third kappa shape index (κ3) is 3.39. The van der Waals surface area contributed by atoms with Crippen LogP contribution in [0.15, 0.2) is 18.2 Å². The number of carbonyl (C=O) groups is 1. The molecule has 0 saturated carbocycles. The Kier molecular flexibility index (Phi) is 4.27. The lowest BCUT2D eigenvalue weighted by atomic mass is 9.80. The molecule has 21 heavy (non-hydrogen) atoms. The van der Waals surface area contributed by atoms with E-state index in [9.17, 15) is 14.9 Å². The molecule has 0 bridgehead atoms. The second-order valence-corrected chi connectivity index (χ2v) is 6.24. The lowest BCUT2D eigenvalue weighted by molar-refractivity contribution is -0.385. The lowest BCUT2D eigenvalue weighted by Crippen LogP contribution is -2.54. The van der Waals surface area contributed by atoms with Gasteiger partial charge in [-0.1, -0.05) is 13.8 Å². The topological polar surface area (TPSA) is 84.3 Å². The Morgan fingerprint density at radius 1 is 1.48 bits per heavy atom. The van der Waals surface area contributed by atoms with Gasteiger partial charge >= 0.3 is 0 Å². The van der Waals surface area contributed by atoms with E-state index >= 15 is 0 Å². The maximum absolute atomic E-state index is 12.3. The Hall–Kier alpha value is -1.95. The molecule has 1 saturated heterocycles. The smallest absolute Gasteiger partial charge is 0.272 e. The molecule has 1 heterocycles. The van der Waals surface area contributed by atoms with Crippen molar-refractivity contribution in [2.24, 2.45) is 5.41 Å². The standard InChI is InChI=1S/C15H21N3O3/c1-10-8-11(4-5-12(10)18(20)21)14(19)17-13-6-7-16-9-15(13,2)3/h4-5,8,13,16H,6-7,9H2,1-3H3,(H,17,19). The molecule has 6 nitrogen and oxygen atoms in total. The summed E-state index contributed by atoms with van der Waals surface area (Å²) in [6.45, 7) is 7.62. The van der Waals surface area contributed by atoms with Crippen molar-refractivity contribution in [2.75, 3.05) is 13.1 Å². The second kappa shape index (κ2) is 5.81. The zero-order chi connectivity index (χ0) is 15.6. The summed E-state index contributed by atoms with van der Waals surface area (Å²) in [6.07, 6.45) is 0.880. The Morgan fingerprint density at radius 3 is 2.76 bits per heavy atom. The predicted molar refractivity (Wildman–Crippen MR) is 80.4 cm³/mol. The van der Waals surface area contributed by atoms with Gasteiger partial charge in [0, 0.05) is 29.8 Å². The van der Waals surface area contributed by atoms with Crippen LogP contribution in [0.5, 0.6) is 0 Å². The third-order valence-corrected chi connectivity index (χ3v) is 4.09. The van der Waals surface area contributed by atoms with Gasteiger partial charge in [-0.2, -0.15) is 0 Å². The summed E-state index contributed by atoms with van der Waals surface area (Å²) >= 11 is 0. The normalized spacial score (nSPS) is 20.8. The minimum Gasteiger partial charge on any atom is -0.349 e. The summed E-state index contributed by atoms with van der Waals surface area (Å²) in [6, 6.07) is 4.57. The van der Waals surface area contributed by atoms with Crippen molar-refractivity contribution < 1.29 is 9.72 Å². The van der Waals surface area contributed by atoms with Crippen LogP contribution >= 0.6 is 0 Å². The number of hydrogen-bond acceptors (Lipinski definition) is 4. The van der Waals surface area contributed by atoms with Crippen molar-refractivity contribution in [2.45, 2.75) is 33.2 Å². The Balaban J connectivity index is 2.13. The third-order valence-electron chi connectivity index (χ3n) is 4.09. The molecular weight excluding hydrogens is 270 g/mol. The fourth-order valence-corrected chi connectivity index (χ4v) is 2.68. The van der Waals surface area contributed by atoms with Gasteiger partial charge in [-0.25, -0.2) is 0 Å². The van der Waals surface area contributed by atoms with Crippen LogP contribution in [-0.2, 0) is 0 Å². The summed E-state index contributed by atoms with van der Waals surface area (Å²) < 4.78 is 0. The molecule has 1 fully saturated rings. The van der Waals surface area contributed by atoms with Gasteiger partial charge in [0.05, 0.1) is 4.92 Å². The molecule has 0 spiro atoms. The Bertz CT molecular complexity index is 569. The van der Waals surface area contributed by atoms with Crippen LogP contribution < -0.4 is 10.6 Å². The van der Waals surface area contributed by atoms with E-state index in [4.69, 9.17) is 0 Å².